The minimum Gasteiger partial charge on any atom is -0.368 e. The number of hydrazine groups is 1. The molecule has 0 bridgehead atoms. The maximum atomic E-state index is 11.7. The van der Waals surface area contributed by atoms with Crippen LogP contribution in [0.4, 0.5) is 16.4 Å². The highest BCUT2D eigenvalue weighted by Crippen LogP contribution is 2.10. The number of hydrogen-bond donors (Lipinski definition) is 4. The van der Waals surface area contributed by atoms with Gasteiger partial charge in [-0.1, -0.05) is 30.0 Å². The molecule has 0 spiro atoms. The van der Waals surface area contributed by atoms with Crippen molar-refractivity contribution >= 4 is 46.8 Å². The number of amides is 2. The Bertz CT molecular complexity index is 643. The second kappa shape index (κ2) is 6.90. The summed E-state index contributed by atoms with van der Waals surface area (Å²) in [5.41, 5.74) is 11.3. The molecule has 1 aromatic carbocycles. The summed E-state index contributed by atoms with van der Waals surface area (Å²) in [5, 5.41) is 7.29. The smallest absolute Gasteiger partial charge is 0.337 e. The van der Waals surface area contributed by atoms with E-state index in [4.69, 9.17) is 18.0 Å². The summed E-state index contributed by atoms with van der Waals surface area (Å²) in [6, 6.07) is 8.54. The fourth-order valence-corrected chi connectivity index (χ4v) is 1.92. The van der Waals surface area contributed by atoms with Crippen LogP contribution in [0.25, 0.3) is 0 Å². The Labute approximate surface area is 130 Å². The summed E-state index contributed by atoms with van der Waals surface area (Å²) in [6.45, 7) is 0. The van der Waals surface area contributed by atoms with Gasteiger partial charge in [0.15, 0.2) is 0 Å². The number of thioether (sulfide) groups is 1. The number of nitrogen functional groups attached to an aromatic ring is 1. The average Bonchev–Trinajstić information content (AvgIpc) is 2.87. The number of aromatic nitrogens is 3. The van der Waals surface area contributed by atoms with Crippen molar-refractivity contribution in [3.63, 3.8) is 0 Å². The third kappa shape index (κ3) is 4.07. The molecule has 0 aliphatic carbocycles. The number of nitrogens with one attached hydrogen (secondary N) is 3. The molecule has 0 aliphatic rings. The average molecular weight is 323 g/mol. The summed E-state index contributed by atoms with van der Waals surface area (Å²) < 4.78 is 1.23. The first-order chi connectivity index (χ1) is 10.1. The maximum Gasteiger partial charge on any atom is 0.337 e. The second-order valence-corrected chi connectivity index (χ2v) is 4.90. The Morgan fingerprint density at radius 2 is 2.05 bits per heavy atom. The molecule has 1 aromatic heterocycles. The van der Waals surface area contributed by atoms with Gasteiger partial charge in [0.05, 0.1) is 0 Å². The fourth-order valence-electron chi connectivity index (χ4n) is 1.39. The molecule has 0 atom stereocenters. The van der Waals surface area contributed by atoms with Crippen LogP contribution in [0.2, 0.25) is 0 Å². The number of anilines is 2. The van der Waals surface area contributed by atoms with Crippen LogP contribution < -0.4 is 21.9 Å². The zero-order valence-electron chi connectivity index (χ0n) is 11.0. The number of hydrogen-bond acceptors (Lipinski definition) is 6. The Hall–Kier alpha value is -2.33. The van der Waals surface area contributed by atoms with Crippen LogP contribution in [-0.2, 0) is 0 Å². The maximum absolute atomic E-state index is 11.7. The van der Waals surface area contributed by atoms with E-state index in [0.29, 0.717) is 10.8 Å². The summed E-state index contributed by atoms with van der Waals surface area (Å²) >= 11 is 6.41. The molecule has 10 heteroatoms. The number of nitrogens with zero attached hydrogens (tertiary/aromatic N) is 3. The second-order valence-electron chi connectivity index (χ2n) is 3.74. The van der Waals surface area contributed by atoms with Gasteiger partial charge in [-0.05, 0) is 30.6 Å². The molecule has 1 heterocycles. The van der Waals surface area contributed by atoms with E-state index in [2.05, 4.69) is 26.3 Å². The van der Waals surface area contributed by atoms with Gasteiger partial charge >= 0.3 is 6.03 Å². The highest BCUT2D eigenvalue weighted by atomic mass is 32.2. The third-order valence-electron chi connectivity index (χ3n) is 2.30. The van der Waals surface area contributed by atoms with Gasteiger partial charge in [-0.25, -0.2) is 10.2 Å². The van der Waals surface area contributed by atoms with E-state index in [0.717, 1.165) is 0 Å². The molecular formula is C11H13N7OS2. The molecule has 0 fully saturated rings. The van der Waals surface area contributed by atoms with Crippen molar-refractivity contribution in [3.05, 3.63) is 30.3 Å². The Kier molecular flexibility index (Phi) is 4.95. The predicted molar refractivity (Wildman–Crippen MR) is 85.9 cm³/mol. The monoisotopic (exact) mass is 323 g/mol. The lowest BCUT2D eigenvalue weighted by Gasteiger charge is -2.10. The minimum absolute atomic E-state index is 0.114. The zero-order chi connectivity index (χ0) is 15.2. The SMILES string of the molecule is CSc1nc(N)n(C(=S)NNC(=O)Nc2ccccc2)n1. The molecule has 2 aromatic rings. The lowest BCUT2D eigenvalue weighted by atomic mass is 10.3. The van der Waals surface area contributed by atoms with Gasteiger partial charge in [0.2, 0.25) is 16.2 Å². The van der Waals surface area contributed by atoms with E-state index in [9.17, 15) is 4.79 Å². The summed E-state index contributed by atoms with van der Waals surface area (Å²) in [4.78, 5) is 15.7. The van der Waals surface area contributed by atoms with Gasteiger partial charge in [-0.15, -0.1) is 5.10 Å². The van der Waals surface area contributed by atoms with E-state index in [1.165, 1.54) is 16.4 Å². The Morgan fingerprint density at radius 3 is 2.67 bits per heavy atom. The van der Waals surface area contributed by atoms with E-state index >= 15 is 0 Å². The van der Waals surface area contributed by atoms with Crippen molar-refractivity contribution in [1.29, 1.82) is 0 Å². The third-order valence-corrected chi connectivity index (χ3v) is 3.12. The zero-order valence-corrected chi connectivity index (χ0v) is 12.7. The van der Waals surface area contributed by atoms with E-state index in [1.54, 1.807) is 12.1 Å². The molecular weight excluding hydrogens is 310 g/mol. The Balaban J connectivity index is 1.88. The van der Waals surface area contributed by atoms with Crippen LogP contribution >= 0.6 is 24.0 Å². The normalized spacial score (nSPS) is 9.95. The van der Waals surface area contributed by atoms with Crippen molar-refractivity contribution in [2.45, 2.75) is 5.16 Å². The number of carbonyl (C=O) groups excluding carboxylic acids is 1. The number of nitrogens with two attached hydrogens (primary N) is 1. The highest BCUT2D eigenvalue weighted by molar-refractivity contribution is 7.98. The largest absolute Gasteiger partial charge is 0.368 e. The van der Waals surface area contributed by atoms with Gasteiger partial charge in [-0.2, -0.15) is 9.67 Å². The van der Waals surface area contributed by atoms with Crippen molar-refractivity contribution in [2.24, 2.45) is 0 Å². The van der Waals surface area contributed by atoms with Crippen LogP contribution in [0, 0.1) is 0 Å². The summed E-state index contributed by atoms with van der Waals surface area (Å²) in [5.74, 6) is 0.141. The van der Waals surface area contributed by atoms with Crippen LogP contribution in [0.3, 0.4) is 0 Å². The Morgan fingerprint density at radius 1 is 1.33 bits per heavy atom. The quantitative estimate of drug-likeness (QED) is 0.371. The van der Waals surface area contributed by atoms with E-state index in [-0.39, 0.29) is 11.1 Å². The first-order valence-corrected chi connectivity index (χ1v) is 7.42. The molecule has 0 radical (unpaired) electrons. The number of para-hydroxylation sites is 1. The lowest BCUT2D eigenvalue weighted by Crippen LogP contribution is -2.46. The standard InChI is InChI=1S/C11H13N7OS2/c1-21-10-14-8(12)18(17-10)11(20)16-15-9(19)13-7-5-3-2-4-6-7/h2-6H,1H3,(H,16,20)(H2,12,14,17)(H2,13,15,19). The number of urea groups is 1. The van der Waals surface area contributed by atoms with E-state index in [1.807, 2.05) is 24.5 Å². The van der Waals surface area contributed by atoms with Crippen molar-refractivity contribution in [3.8, 4) is 0 Å². The number of rotatable bonds is 2. The molecule has 5 N–H and O–H groups in total. The first kappa shape index (κ1) is 15.1. The van der Waals surface area contributed by atoms with Crippen molar-refractivity contribution in [1.82, 2.24) is 25.6 Å². The van der Waals surface area contributed by atoms with Gasteiger partial charge in [-0.3, -0.25) is 5.43 Å². The topological polar surface area (TPSA) is 110 Å². The van der Waals surface area contributed by atoms with Crippen molar-refractivity contribution in [2.75, 3.05) is 17.3 Å². The molecule has 21 heavy (non-hydrogen) atoms. The van der Waals surface area contributed by atoms with Crippen LogP contribution in [0.1, 0.15) is 0 Å². The van der Waals surface area contributed by atoms with Gasteiger partial charge in [0.1, 0.15) is 0 Å². The molecule has 0 saturated heterocycles. The molecule has 8 nitrogen and oxygen atoms in total. The van der Waals surface area contributed by atoms with Gasteiger partial charge in [0.25, 0.3) is 0 Å². The summed E-state index contributed by atoms with van der Waals surface area (Å²) in [6.07, 6.45) is 1.82. The molecule has 2 amide bonds. The van der Waals surface area contributed by atoms with Crippen LogP contribution in [-0.4, -0.2) is 32.2 Å². The van der Waals surface area contributed by atoms with Crippen LogP contribution in [0.15, 0.2) is 35.5 Å². The summed E-state index contributed by atoms with van der Waals surface area (Å²) in [7, 11) is 0. The molecule has 0 unspecified atom stereocenters. The van der Waals surface area contributed by atoms with E-state index < -0.39 is 6.03 Å². The van der Waals surface area contributed by atoms with Gasteiger partial charge < -0.3 is 11.1 Å². The molecule has 0 aliphatic heterocycles. The molecule has 0 saturated carbocycles. The first-order valence-electron chi connectivity index (χ1n) is 5.79. The lowest BCUT2D eigenvalue weighted by molar-refractivity contribution is 0.250. The predicted octanol–water partition coefficient (Wildman–Crippen LogP) is 1.04. The number of carbonyl (C=O) groups is 1. The highest BCUT2D eigenvalue weighted by Gasteiger charge is 2.11. The number of benzene rings is 1. The minimum atomic E-state index is -0.465. The molecule has 2 rings (SSSR count). The van der Waals surface area contributed by atoms with Gasteiger partial charge in [0, 0.05) is 5.69 Å². The molecule has 110 valence electrons. The number of thiocarbonyl (C=S) groups is 1. The van der Waals surface area contributed by atoms with Crippen molar-refractivity contribution < 1.29 is 4.79 Å². The van der Waals surface area contributed by atoms with Crippen LogP contribution in [0.5, 0.6) is 0 Å². The fraction of sp³-hybridized carbons (Fsp3) is 0.0909.